The van der Waals surface area contributed by atoms with E-state index in [-0.39, 0.29) is 21.4 Å². The molecule has 2 aromatic rings. The van der Waals surface area contributed by atoms with E-state index in [4.69, 9.17) is 11.6 Å². The lowest BCUT2D eigenvalue weighted by Gasteiger charge is -2.11. The fourth-order valence-corrected chi connectivity index (χ4v) is 4.04. The van der Waals surface area contributed by atoms with Crippen LogP contribution >= 0.6 is 11.6 Å². The molecule has 23 heavy (non-hydrogen) atoms. The largest absolute Gasteiger partial charge is 0.278 e. The molecule has 0 aromatic heterocycles. The summed E-state index contributed by atoms with van der Waals surface area (Å²) in [5, 5.41) is 0.193. The molecule has 0 amide bonds. The molecule has 0 aliphatic carbocycles. The predicted molar refractivity (Wildman–Crippen MR) is 92.0 cm³/mol. The average Bonchev–Trinajstić information content (AvgIpc) is 2.41. The van der Waals surface area contributed by atoms with E-state index in [2.05, 4.69) is 4.72 Å². The molecule has 0 spiro atoms. The van der Waals surface area contributed by atoms with Crippen LogP contribution in [0, 0.1) is 6.92 Å². The van der Waals surface area contributed by atoms with Crippen LogP contribution in [0.2, 0.25) is 5.02 Å². The van der Waals surface area contributed by atoms with Crippen LogP contribution in [0.4, 0.5) is 5.69 Å². The highest BCUT2D eigenvalue weighted by molar-refractivity contribution is 7.92. The van der Waals surface area contributed by atoms with Crippen LogP contribution < -0.4 is 4.72 Å². The van der Waals surface area contributed by atoms with Gasteiger partial charge in [0.25, 0.3) is 10.0 Å². The molecular weight excluding hydrogens is 358 g/mol. The summed E-state index contributed by atoms with van der Waals surface area (Å²) in [5.74, 6) is -0.191. The Balaban J connectivity index is 2.35. The van der Waals surface area contributed by atoms with Crippen LogP contribution in [0.15, 0.2) is 47.4 Å². The van der Waals surface area contributed by atoms with E-state index in [0.29, 0.717) is 5.56 Å². The minimum absolute atomic E-state index is 0.104. The lowest BCUT2D eigenvalue weighted by molar-refractivity contribution is 0.599. The first-order valence-corrected chi connectivity index (χ1v) is 10.5. The normalized spacial score (nSPS) is 12.1. The summed E-state index contributed by atoms with van der Waals surface area (Å²) in [6.07, 6.45) is 1.11. The van der Waals surface area contributed by atoms with Gasteiger partial charge in [-0.25, -0.2) is 16.8 Å². The van der Waals surface area contributed by atoms with Crippen molar-refractivity contribution in [1.82, 2.24) is 0 Å². The smallest absolute Gasteiger partial charge is 0.261 e. The minimum Gasteiger partial charge on any atom is -0.278 e. The van der Waals surface area contributed by atoms with Gasteiger partial charge >= 0.3 is 0 Å². The molecule has 124 valence electrons. The first-order chi connectivity index (χ1) is 10.6. The van der Waals surface area contributed by atoms with Gasteiger partial charge in [0.15, 0.2) is 9.84 Å². The molecule has 0 saturated heterocycles. The van der Waals surface area contributed by atoms with Crippen molar-refractivity contribution in [1.29, 1.82) is 0 Å². The van der Waals surface area contributed by atoms with E-state index < -0.39 is 19.9 Å². The third-order valence-corrected chi connectivity index (χ3v) is 5.60. The summed E-state index contributed by atoms with van der Waals surface area (Å²) in [5.41, 5.74) is 1.55. The van der Waals surface area contributed by atoms with E-state index in [1.54, 1.807) is 18.2 Å². The van der Waals surface area contributed by atoms with Gasteiger partial charge in [0.1, 0.15) is 0 Å². The zero-order valence-electron chi connectivity index (χ0n) is 12.6. The topological polar surface area (TPSA) is 80.3 Å². The molecule has 8 heteroatoms. The maximum absolute atomic E-state index is 12.4. The number of hydrogen-bond acceptors (Lipinski definition) is 4. The van der Waals surface area contributed by atoms with E-state index >= 15 is 0 Å². The van der Waals surface area contributed by atoms with Crippen molar-refractivity contribution in [3.8, 4) is 0 Å². The Morgan fingerprint density at radius 2 is 1.61 bits per heavy atom. The zero-order valence-corrected chi connectivity index (χ0v) is 15.0. The Labute approximate surface area is 141 Å². The second kappa shape index (κ2) is 6.51. The van der Waals surface area contributed by atoms with Crippen molar-refractivity contribution >= 4 is 37.1 Å². The van der Waals surface area contributed by atoms with Crippen molar-refractivity contribution in [2.75, 3.05) is 11.0 Å². The monoisotopic (exact) mass is 373 g/mol. The van der Waals surface area contributed by atoms with E-state index in [1.807, 2.05) is 6.92 Å². The Morgan fingerprint density at radius 3 is 2.17 bits per heavy atom. The molecule has 0 saturated carbocycles. The molecule has 0 radical (unpaired) electrons. The quantitative estimate of drug-likeness (QED) is 0.873. The molecular formula is C15H16ClNO4S2. The first-order valence-electron chi connectivity index (χ1n) is 6.62. The standard InChI is InChI=1S/C15H16ClNO4S2/c1-11-3-6-13(7-4-11)23(20,21)17-15-9-12(5-8-14(15)16)10-22(2,18)19/h3-9,17H,10H2,1-2H3. The summed E-state index contributed by atoms with van der Waals surface area (Å²) in [7, 11) is -7.02. The van der Waals surface area contributed by atoms with Gasteiger partial charge in [-0.1, -0.05) is 35.4 Å². The number of benzene rings is 2. The van der Waals surface area contributed by atoms with Crippen molar-refractivity contribution in [2.24, 2.45) is 0 Å². The van der Waals surface area contributed by atoms with Crippen LogP contribution in [0.1, 0.15) is 11.1 Å². The lowest BCUT2D eigenvalue weighted by atomic mass is 10.2. The van der Waals surface area contributed by atoms with Gasteiger partial charge in [-0.15, -0.1) is 0 Å². The maximum Gasteiger partial charge on any atom is 0.261 e. The third kappa shape index (κ3) is 4.95. The lowest BCUT2D eigenvalue weighted by Crippen LogP contribution is -2.13. The molecule has 0 atom stereocenters. The van der Waals surface area contributed by atoms with E-state index in [9.17, 15) is 16.8 Å². The van der Waals surface area contributed by atoms with Crippen LogP contribution in [-0.4, -0.2) is 23.1 Å². The molecule has 1 N–H and O–H groups in total. The van der Waals surface area contributed by atoms with Crippen LogP contribution in [0.3, 0.4) is 0 Å². The van der Waals surface area contributed by atoms with Gasteiger partial charge in [-0.3, -0.25) is 4.72 Å². The van der Waals surface area contributed by atoms with E-state index in [0.717, 1.165) is 11.8 Å². The Hall–Kier alpha value is -1.57. The molecule has 5 nitrogen and oxygen atoms in total. The van der Waals surface area contributed by atoms with Crippen molar-refractivity contribution in [3.05, 3.63) is 58.6 Å². The number of rotatable bonds is 5. The van der Waals surface area contributed by atoms with Gasteiger partial charge in [0, 0.05) is 6.26 Å². The van der Waals surface area contributed by atoms with Crippen LogP contribution in [0.5, 0.6) is 0 Å². The molecule has 0 aliphatic rings. The van der Waals surface area contributed by atoms with E-state index in [1.165, 1.54) is 24.3 Å². The second-order valence-corrected chi connectivity index (χ2v) is 9.53. The van der Waals surface area contributed by atoms with Gasteiger partial charge < -0.3 is 0 Å². The highest BCUT2D eigenvalue weighted by Gasteiger charge is 2.16. The summed E-state index contributed by atoms with van der Waals surface area (Å²) < 4.78 is 49.9. The Morgan fingerprint density at radius 1 is 1.00 bits per heavy atom. The van der Waals surface area contributed by atoms with Crippen LogP contribution in [0.25, 0.3) is 0 Å². The fraction of sp³-hybridized carbons (Fsp3) is 0.200. The SMILES string of the molecule is Cc1ccc(S(=O)(=O)Nc2cc(CS(C)(=O)=O)ccc2Cl)cc1. The average molecular weight is 374 g/mol. The molecule has 0 bridgehead atoms. The molecule has 0 unspecified atom stereocenters. The Bertz CT molecular complexity index is 920. The van der Waals surface area contributed by atoms with Gasteiger partial charge in [-0.2, -0.15) is 0 Å². The number of hydrogen-bond donors (Lipinski definition) is 1. The van der Waals surface area contributed by atoms with Crippen molar-refractivity contribution in [2.45, 2.75) is 17.6 Å². The molecule has 0 fully saturated rings. The number of anilines is 1. The summed E-state index contributed by atoms with van der Waals surface area (Å²) in [6, 6.07) is 10.8. The summed E-state index contributed by atoms with van der Waals surface area (Å²) in [4.78, 5) is 0.104. The molecule has 2 rings (SSSR count). The minimum atomic E-state index is -3.80. The van der Waals surface area contributed by atoms with Crippen molar-refractivity contribution < 1.29 is 16.8 Å². The zero-order chi connectivity index (χ0) is 17.3. The summed E-state index contributed by atoms with van der Waals surface area (Å²) >= 11 is 6.01. The summed E-state index contributed by atoms with van der Waals surface area (Å²) in [6.45, 7) is 1.86. The number of aryl methyl sites for hydroxylation is 1. The number of sulfone groups is 1. The van der Waals surface area contributed by atoms with Crippen LogP contribution in [-0.2, 0) is 25.6 Å². The Kier molecular flexibility index (Phi) is 5.03. The fourth-order valence-electron chi connectivity index (χ4n) is 1.96. The highest BCUT2D eigenvalue weighted by atomic mass is 35.5. The highest BCUT2D eigenvalue weighted by Crippen LogP contribution is 2.26. The first kappa shape index (κ1) is 17.8. The second-order valence-electron chi connectivity index (χ2n) is 5.30. The predicted octanol–water partition coefficient (Wildman–Crippen LogP) is 2.99. The van der Waals surface area contributed by atoms with Gasteiger partial charge in [0.05, 0.1) is 21.4 Å². The number of halogens is 1. The third-order valence-electron chi connectivity index (χ3n) is 3.04. The number of nitrogens with one attached hydrogen (secondary N) is 1. The van der Waals surface area contributed by atoms with Crippen molar-refractivity contribution in [3.63, 3.8) is 0 Å². The van der Waals surface area contributed by atoms with Gasteiger partial charge in [0.2, 0.25) is 0 Å². The molecule has 0 aliphatic heterocycles. The molecule has 2 aromatic carbocycles. The maximum atomic E-state index is 12.4. The molecule has 0 heterocycles. The number of sulfonamides is 1. The van der Waals surface area contributed by atoms with Gasteiger partial charge in [-0.05, 0) is 36.8 Å².